The Bertz CT molecular complexity index is 1430. The largest absolute Gasteiger partial charge is 0.415 e. The molecule has 0 fully saturated rings. The van der Waals surface area contributed by atoms with Crippen LogP contribution in [0.1, 0.15) is 11.1 Å². The van der Waals surface area contributed by atoms with Crippen molar-refractivity contribution in [3.8, 4) is 16.5 Å². The zero-order valence-corrected chi connectivity index (χ0v) is 19.1. The van der Waals surface area contributed by atoms with Crippen LogP contribution >= 0.6 is 23.3 Å². The number of benzene rings is 3. The maximum absolute atomic E-state index is 12.6. The average molecular weight is 481 g/mol. The number of halogens is 2. The lowest BCUT2D eigenvalue weighted by Gasteiger charge is -2.07. The summed E-state index contributed by atoms with van der Waals surface area (Å²) in [6.45, 7) is -0.340. The number of alkyl halides is 2. The molecular formula is C24H18F2N4OS2. The van der Waals surface area contributed by atoms with Crippen LogP contribution < -0.4 is 9.46 Å². The van der Waals surface area contributed by atoms with Crippen LogP contribution in [0.3, 0.4) is 0 Å². The fraction of sp³-hybridized carbons (Fsp3) is 0.125. The van der Waals surface area contributed by atoms with Crippen molar-refractivity contribution < 1.29 is 13.5 Å². The third kappa shape index (κ3) is 4.80. The second-order valence-electron chi connectivity index (χ2n) is 7.29. The molecule has 2 aromatic heterocycles. The van der Waals surface area contributed by atoms with E-state index in [9.17, 15) is 8.78 Å². The van der Waals surface area contributed by atoms with Gasteiger partial charge in [-0.3, -0.25) is 4.72 Å². The first kappa shape index (κ1) is 21.7. The molecule has 0 amide bonds. The summed E-state index contributed by atoms with van der Waals surface area (Å²) in [5.74, 6) is -0.206. The van der Waals surface area contributed by atoms with Crippen molar-refractivity contribution in [3.05, 3.63) is 78.0 Å². The highest BCUT2D eigenvalue weighted by atomic mass is 32.2. The SMILES string of the molecule is Cc1cc(-c2nc3cccc(CNSc4ccccc4)c3s2)c2ncc(OC(F)F)nc2c1. The number of thiazole rings is 1. The number of nitrogens with zero attached hydrogens (tertiary/aromatic N) is 3. The van der Waals surface area contributed by atoms with Gasteiger partial charge in [0.1, 0.15) is 5.01 Å². The molecule has 1 N–H and O–H groups in total. The van der Waals surface area contributed by atoms with Crippen molar-refractivity contribution in [3.63, 3.8) is 0 Å². The molecule has 0 aliphatic rings. The second kappa shape index (κ2) is 9.38. The van der Waals surface area contributed by atoms with Crippen molar-refractivity contribution in [2.45, 2.75) is 25.0 Å². The molecule has 5 rings (SSSR count). The lowest BCUT2D eigenvalue weighted by Crippen LogP contribution is -2.04. The summed E-state index contributed by atoms with van der Waals surface area (Å²) in [6.07, 6.45) is 1.22. The minimum Gasteiger partial charge on any atom is -0.415 e. The van der Waals surface area contributed by atoms with Crippen LogP contribution in [-0.2, 0) is 6.54 Å². The van der Waals surface area contributed by atoms with Gasteiger partial charge in [-0.1, -0.05) is 30.3 Å². The smallest absolute Gasteiger partial charge is 0.388 e. The van der Waals surface area contributed by atoms with Crippen LogP contribution in [0.2, 0.25) is 0 Å². The Morgan fingerprint density at radius 1 is 1.03 bits per heavy atom. The van der Waals surface area contributed by atoms with Gasteiger partial charge in [0.15, 0.2) is 0 Å². The van der Waals surface area contributed by atoms with Crippen molar-refractivity contribution in [2.75, 3.05) is 0 Å². The second-order valence-corrected chi connectivity index (χ2v) is 9.25. The van der Waals surface area contributed by atoms with Gasteiger partial charge in [-0.05, 0) is 60.3 Å². The predicted molar refractivity (Wildman–Crippen MR) is 129 cm³/mol. The summed E-state index contributed by atoms with van der Waals surface area (Å²) in [4.78, 5) is 14.5. The zero-order valence-electron chi connectivity index (χ0n) is 17.5. The van der Waals surface area contributed by atoms with Gasteiger partial charge < -0.3 is 4.74 Å². The topological polar surface area (TPSA) is 59.9 Å². The quantitative estimate of drug-likeness (QED) is 0.264. The van der Waals surface area contributed by atoms with Crippen molar-refractivity contribution in [2.24, 2.45) is 0 Å². The molecular weight excluding hydrogens is 462 g/mol. The normalized spacial score (nSPS) is 11.5. The first-order chi connectivity index (χ1) is 16.1. The Hall–Kier alpha value is -3.14. The number of fused-ring (bicyclic) bond motifs is 2. The monoisotopic (exact) mass is 480 g/mol. The van der Waals surface area contributed by atoms with Gasteiger partial charge in [0, 0.05) is 17.0 Å². The molecule has 0 saturated carbocycles. The number of hydrogen-bond donors (Lipinski definition) is 1. The summed E-state index contributed by atoms with van der Waals surface area (Å²) in [7, 11) is 0. The average Bonchev–Trinajstić information content (AvgIpc) is 3.24. The highest BCUT2D eigenvalue weighted by Crippen LogP contribution is 2.36. The number of hydrogen-bond acceptors (Lipinski definition) is 7. The van der Waals surface area contributed by atoms with E-state index in [1.54, 1.807) is 29.4 Å². The number of rotatable bonds is 7. The highest BCUT2D eigenvalue weighted by molar-refractivity contribution is 7.97. The highest BCUT2D eigenvalue weighted by Gasteiger charge is 2.16. The van der Waals surface area contributed by atoms with Crippen molar-refractivity contribution in [1.82, 2.24) is 19.7 Å². The number of aryl methyl sites for hydroxylation is 1. The van der Waals surface area contributed by atoms with E-state index in [1.807, 2.05) is 43.3 Å². The van der Waals surface area contributed by atoms with Gasteiger partial charge in [-0.2, -0.15) is 8.78 Å². The van der Waals surface area contributed by atoms with Gasteiger partial charge in [0.25, 0.3) is 0 Å². The van der Waals surface area contributed by atoms with Gasteiger partial charge >= 0.3 is 6.61 Å². The van der Waals surface area contributed by atoms with Gasteiger partial charge in [-0.25, -0.2) is 15.0 Å². The lowest BCUT2D eigenvalue weighted by atomic mass is 10.1. The third-order valence-corrected chi connectivity index (χ3v) is 6.88. The Morgan fingerprint density at radius 3 is 2.70 bits per heavy atom. The number of nitrogens with one attached hydrogen (secondary N) is 1. The molecule has 0 radical (unpaired) electrons. The molecule has 0 aliphatic heterocycles. The van der Waals surface area contributed by atoms with E-state index in [-0.39, 0.29) is 5.88 Å². The van der Waals surface area contributed by atoms with Crippen LogP contribution in [0.25, 0.3) is 31.8 Å². The molecule has 166 valence electrons. The Morgan fingerprint density at radius 2 is 1.88 bits per heavy atom. The van der Waals surface area contributed by atoms with Gasteiger partial charge in [-0.15, -0.1) is 11.3 Å². The van der Waals surface area contributed by atoms with Crippen LogP contribution in [0, 0.1) is 6.92 Å². The molecule has 5 aromatic rings. The van der Waals surface area contributed by atoms with Crippen LogP contribution in [0.4, 0.5) is 8.78 Å². The maximum atomic E-state index is 12.6. The fourth-order valence-electron chi connectivity index (χ4n) is 3.51. The summed E-state index contributed by atoms with van der Waals surface area (Å²) in [5, 5.41) is 0.804. The zero-order chi connectivity index (χ0) is 22.8. The Labute approximate surface area is 197 Å². The molecule has 9 heteroatoms. The third-order valence-electron chi connectivity index (χ3n) is 4.90. The minimum absolute atomic E-state index is 0.206. The molecule has 0 aliphatic carbocycles. The van der Waals surface area contributed by atoms with E-state index < -0.39 is 6.61 Å². The Kier molecular flexibility index (Phi) is 6.17. The van der Waals surface area contributed by atoms with Crippen LogP contribution in [0.5, 0.6) is 5.88 Å². The molecule has 0 unspecified atom stereocenters. The van der Waals surface area contributed by atoms with E-state index in [0.717, 1.165) is 36.8 Å². The molecule has 3 aromatic carbocycles. The summed E-state index contributed by atoms with van der Waals surface area (Å²) in [5.41, 5.74) is 4.89. The molecule has 0 atom stereocenters. The van der Waals surface area contributed by atoms with Crippen molar-refractivity contribution in [1.29, 1.82) is 0 Å². The molecule has 33 heavy (non-hydrogen) atoms. The summed E-state index contributed by atoms with van der Waals surface area (Å²) < 4.78 is 34.1. The summed E-state index contributed by atoms with van der Waals surface area (Å²) in [6, 6.07) is 20.0. The molecule has 0 saturated heterocycles. The van der Waals surface area contributed by atoms with E-state index in [2.05, 4.69) is 37.6 Å². The fourth-order valence-corrected chi connectivity index (χ4v) is 5.29. The Balaban J connectivity index is 1.48. The lowest BCUT2D eigenvalue weighted by molar-refractivity contribution is -0.0528. The minimum atomic E-state index is -2.95. The number of ether oxygens (including phenoxy) is 1. The van der Waals surface area contributed by atoms with Gasteiger partial charge in [0.05, 0.1) is 27.4 Å². The predicted octanol–water partition coefficient (Wildman–Crippen LogP) is 6.61. The molecule has 0 bridgehead atoms. The van der Waals surface area contributed by atoms with Gasteiger partial charge in [0.2, 0.25) is 5.88 Å². The molecule has 0 spiro atoms. The summed E-state index contributed by atoms with van der Waals surface area (Å²) >= 11 is 3.17. The van der Waals surface area contributed by atoms with E-state index in [0.29, 0.717) is 17.6 Å². The maximum Gasteiger partial charge on any atom is 0.388 e. The van der Waals surface area contributed by atoms with E-state index in [4.69, 9.17) is 4.98 Å². The first-order valence-corrected chi connectivity index (χ1v) is 11.8. The first-order valence-electron chi connectivity index (χ1n) is 10.1. The molecule has 5 nitrogen and oxygen atoms in total. The van der Waals surface area contributed by atoms with E-state index >= 15 is 0 Å². The molecule has 2 heterocycles. The van der Waals surface area contributed by atoms with E-state index in [1.165, 1.54) is 6.20 Å². The number of aromatic nitrogens is 3. The van der Waals surface area contributed by atoms with Crippen LogP contribution in [-0.4, -0.2) is 21.6 Å². The standard InChI is InChI=1S/C24H18F2N4OS2/c1-14-10-17(21-19(11-14)29-20(13-27-21)31-24(25)26)23-30-18-9-5-6-15(22(18)32-23)12-28-33-16-7-3-2-4-8-16/h2-11,13,24,28H,12H2,1H3. The van der Waals surface area contributed by atoms with Crippen molar-refractivity contribution >= 4 is 44.5 Å². The van der Waals surface area contributed by atoms with Crippen LogP contribution in [0.15, 0.2) is 71.8 Å².